The van der Waals surface area contributed by atoms with Crippen LogP contribution in [0.4, 0.5) is 11.4 Å². The van der Waals surface area contributed by atoms with E-state index in [0.717, 1.165) is 10.4 Å². The molecule has 0 amide bonds. The van der Waals surface area contributed by atoms with Gasteiger partial charge in [-0.3, -0.25) is 14.4 Å². The summed E-state index contributed by atoms with van der Waals surface area (Å²) in [6.45, 7) is 0. The minimum atomic E-state index is -4.08. The second kappa shape index (κ2) is 6.96. The average Bonchev–Trinajstić information content (AvgIpc) is 2.55. The molecule has 2 rings (SSSR count). The standard InChI is InChI=1S/C14H12BrClN2O5S/c1-17(9-6-4-3-5-7-9)24(21,22)11-8-10(16)14(23-2)13(12(11)15)18(19)20/h3-8H,1-2H3. The highest BCUT2D eigenvalue weighted by molar-refractivity contribution is 9.10. The fourth-order valence-corrected chi connectivity index (χ4v) is 4.72. The number of rotatable bonds is 5. The summed E-state index contributed by atoms with van der Waals surface area (Å²) in [4.78, 5) is 10.2. The molecule has 0 N–H and O–H groups in total. The molecule has 10 heteroatoms. The summed E-state index contributed by atoms with van der Waals surface area (Å²) in [5.41, 5.74) is -0.149. The van der Waals surface area contributed by atoms with E-state index in [-0.39, 0.29) is 20.1 Å². The predicted molar refractivity (Wildman–Crippen MR) is 94.4 cm³/mol. The summed E-state index contributed by atoms with van der Waals surface area (Å²) in [6, 6.07) is 9.43. The van der Waals surface area contributed by atoms with Gasteiger partial charge in [0.2, 0.25) is 5.75 Å². The van der Waals surface area contributed by atoms with Crippen molar-refractivity contribution >= 4 is 48.9 Å². The topological polar surface area (TPSA) is 89.8 Å². The van der Waals surface area contributed by atoms with Gasteiger partial charge in [0, 0.05) is 7.05 Å². The van der Waals surface area contributed by atoms with Gasteiger partial charge in [0.15, 0.2) is 0 Å². The van der Waals surface area contributed by atoms with E-state index >= 15 is 0 Å². The summed E-state index contributed by atoms with van der Waals surface area (Å²) in [6.07, 6.45) is 0. The highest BCUT2D eigenvalue weighted by Crippen LogP contribution is 2.45. The molecule has 0 aliphatic carbocycles. The highest BCUT2D eigenvalue weighted by Gasteiger charge is 2.33. The number of nitrogens with zero attached hydrogens (tertiary/aromatic N) is 2. The summed E-state index contributed by atoms with van der Waals surface area (Å²) >= 11 is 8.97. The van der Waals surface area contributed by atoms with Crippen LogP contribution < -0.4 is 9.04 Å². The highest BCUT2D eigenvalue weighted by atomic mass is 79.9. The lowest BCUT2D eigenvalue weighted by molar-refractivity contribution is -0.386. The molecular formula is C14H12BrClN2O5S. The van der Waals surface area contributed by atoms with E-state index in [1.165, 1.54) is 14.2 Å². The lowest BCUT2D eigenvalue weighted by atomic mass is 10.3. The molecule has 0 radical (unpaired) electrons. The molecular weight excluding hydrogens is 424 g/mol. The summed E-state index contributed by atoms with van der Waals surface area (Å²) < 4.78 is 31.4. The molecule has 0 aliphatic rings. The first kappa shape index (κ1) is 18.5. The third-order valence-corrected chi connectivity index (χ3v) is 6.41. The van der Waals surface area contributed by atoms with Crippen LogP contribution >= 0.6 is 27.5 Å². The Balaban J connectivity index is 2.70. The van der Waals surface area contributed by atoms with E-state index in [1.54, 1.807) is 30.3 Å². The van der Waals surface area contributed by atoms with Gasteiger partial charge in [-0.25, -0.2) is 8.42 Å². The molecule has 0 unspecified atom stereocenters. The molecule has 0 bridgehead atoms. The van der Waals surface area contributed by atoms with Crippen LogP contribution in [-0.4, -0.2) is 27.5 Å². The molecule has 7 nitrogen and oxygen atoms in total. The zero-order valence-corrected chi connectivity index (χ0v) is 15.7. The first-order valence-corrected chi connectivity index (χ1v) is 9.07. The number of hydrogen-bond acceptors (Lipinski definition) is 5. The Kier molecular flexibility index (Phi) is 5.36. The van der Waals surface area contributed by atoms with Crippen LogP contribution in [0.3, 0.4) is 0 Å². The third-order valence-electron chi connectivity index (χ3n) is 3.26. The van der Waals surface area contributed by atoms with Crippen molar-refractivity contribution in [2.45, 2.75) is 4.90 Å². The van der Waals surface area contributed by atoms with Gasteiger partial charge in [-0.1, -0.05) is 29.8 Å². The quantitative estimate of drug-likeness (QED) is 0.526. The smallest absolute Gasteiger partial charge is 0.327 e. The Labute approximate surface area is 152 Å². The molecule has 0 spiro atoms. The van der Waals surface area contributed by atoms with Crippen molar-refractivity contribution in [3.63, 3.8) is 0 Å². The first-order chi connectivity index (χ1) is 11.2. The molecule has 0 aromatic heterocycles. The summed E-state index contributed by atoms with van der Waals surface area (Å²) in [5.74, 6) is -0.213. The van der Waals surface area contributed by atoms with E-state index in [1.807, 2.05) is 0 Å². The number of sulfonamides is 1. The minimum Gasteiger partial charge on any atom is -0.489 e. The fraction of sp³-hybridized carbons (Fsp3) is 0.143. The number of anilines is 1. The van der Waals surface area contributed by atoms with Crippen molar-refractivity contribution in [2.75, 3.05) is 18.5 Å². The molecule has 128 valence electrons. The SMILES string of the molecule is COc1c(Cl)cc(S(=O)(=O)N(C)c2ccccc2)c(Br)c1[N+](=O)[O-]. The lowest BCUT2D eigenvalue weighted by Crippen LogP contribution is -2.27. The van der Waals surface area contributed by atoms with Crippen LogP contribution in [-0.2, 0) is 10.0 Å². The van der Waals surface area contributed by atoms with Crippen LogP contribution in [0.15, 0.2) is 45.8 Å². The average molecular weight is 436 g/mol. The van der Waals surface area contributed by atoms with Crippen LogP contribution in [0, 0.1) is 10.1 Å². The maximum Gasteiger partial charge on any atom is 0.327 e. The number of nitro benzene ring substituents is 1. The van der Waals surface area contributed by atoms with Crippen LogP contribution in [0.5, 0.6) is 5.75 Å². The zero-order valence-electron chi connectivity index (χ0n) is 12.6. The fourth-order valence-electron chi connectivity index (χ4n) is 2.04. The van der Waals surface area contributed by atoms with Crippen molar-refractivity contribution in [1.29, 1.82) is 0 Å². The monoisotopic (exact) mass is 434 g/mol. The molecule has 0 saturated carbocycles. The van der Waals surface area contributed by atoms with Crippen molar-refractivity contribution in [3.8, 4) is 5.75 Å². The Bertz CT molecular complexity index is 890. The van der Waals surface area contributed by atoms with Gasteiger partial charge >= 0.3 is 5.69 Å². The van der Waals surface area contributed by atoms with E-state index in [9.17, 15) is 18.5 Å². The maximum atomic E-state index is 12.9. The van der Waals surface area contributed by atoms with Gasteiger partial charge < -0.3 is 4.74 Å². The van der Waals surface area contributed by atoms with Crippen LogP contribution in [0.1, 0.15) is 0 Å². The molecule has 2 aromatic carbocycles. The van der Waals surface area contributed by atoms with Crippen molar-refractivity contribution in [1.82, 2.24) is 0 Å². The van der Waals surface area contributed by atoms with Gasteiger partial charge in [0.1, 0.15) is 9.37 Å². The third kappa shape index (κ3) is 3.19. The van der Waals surface area contributed by atoms with Crippen LogP contribution in [0.25, 0.3) is 0 Å². The largest absolute Gasteiger partial charge is 0.489 e. The van der Waals surface area contributed by atoms with Crippen molar-refractivity contribution < 1.29 is 18.1 Å². The second-order valence-corrected chi connectivity index (χ2v) is 7.76. The van der Waals surface area contributed by atoms with E-state index < -0.39 is 20.6 Å². The van der Waals surface area contributed by atoms with Gasteiger partial charge in [0.05, 0.1) is 22.7 Å². The minimum absolute atomic E-state index is 0.174. The van der Waals surface area contributed by atoms with Crippen LogP contribution in [0.2, 0.25) is 5.02 Å². The van der Waals surface area contributed by atoms with Gasteiger partial charge in [-0.2, -0.15) is 0 Å². The van der Waals surface area contributed by atoms with E-state index in [4.69, 9.17) is 16.3 Å². The van der Waals surface area contributed by atoms with Gasteiger partial charge in [0.25, 0.3) is 10.0 Å². The molecule has 0 atom stereocenters. The van der Waals surface area contributed by atoms with E-state index in [0.29, 0.717) is 5.69 Å². The number of methoxy groups -OCH3 is 1. The first-order valence-electron chi connectivity index (χ1n) is 6.46. The zero-order chi connectivity index (χ0) is 18.1. The van der Waals surface area contributed by atoms with Gasteiger partial charge in [-0.05, 0) is 34.1 Å². The van der Waals surface area contributed by atoms with Gasteiger partial charge in [-0.15, -0.1) is 0 Å². The Morgan fingerprint density at radius 3 is 2.38 bits per heavy atom. The second-order valence-electron chi connectivity index (χ2n) is 4.62. The normalized spacial score (nSPS) is 11.2. The number of ether oxygens (including phenoxy) is 1. The molecule has 0 saturated heterocycles. The summed E-state index contributed by atoms with van der Waals surface area (Å²) in [5, 5.41) is 11.1. The molecule has 0 fully saturated rings. The molecule has 0 heterocycles. The Morgan fingerprint density at radius 2 is 1.88 bits per heavy atom. The summed E-state index contributed by atoms with van der Waals surface area (Å²) in [7, 11) is -1.52. The maximum absolute atomic E-state index is 12.9. The van der Waals surface area contributed by atoms with Crippen molar-refractivity contribution in [3.05, 3.63) is 56.0 Å². The Morgan fingerprint density at radius 1 is 1.29 bits per heavy atom. The lowest BCUT2D eigenvalue weighted by Gasteiger charge is -2.20. The molecule has 2 aromatic rings. The van der Waals surface area contributed by atoms with Crippen molar-refractivity contribution in [2.24, 2.45) is 0 Å². The van der Waals surface area contributed by atoms with E-state index in [2.05, 4.69) is 15.9 Å². The number of halogens is 2. The number of benzene rings is 2. The number of hydrogen-bond donors (Lipinski definition) is 0. The molecule has 0 aliphatic heterocycles. The Hall–Kier alpha value is -1.84. The number of nitro groups is 1. The molecule has 24 heavy (non-hydrogen) atoms. The number of para-hydroxylation sites is 1. The predicted octanol–water partition coefficient (Wildman–Crippen LogP) is 3.84.